The Hall–Kier alpha value is -2.39. The monoisotopic (exact) mass is 307 g/mol. The number of hydrogen-bond acceptors (Lipinski definition) is 2. The third-order valence-electron chi connectivity index (χ3n) is 2.67. The summed E-state index contributed by atoms with van der Waals surface area (Å²) in [4.78, 5) is 0. The van der Waals surface area contributed by atoms with Gasteiger partial charge in [-0.2, -0.15) is 0 Å². The summed E-state index contributed by atoms with van der Waals surface area (Å²) in [5.41, 5.74) is -0.230. The zero-order valence-electron chi connectivity index (χ0n) is 10.8. The average molecular weight is 307 g/mol. The molecule has 0 amide bonds. The van der Waals surface area contributed by atoms with Crippen LogP contribution >= 0.6 is 0 Å². The van der Waals surface area contributed by atoms with Crippen LogP contribution in [0, 0.1) is 24.0 Å². The SMILES string of the molecule is C#Cc1cc(F)c(NS(=O)(=O)Cc2ccccc2)c(F)c1. The molecule has 0 atom stereocenters. The van der Waals surface area contributed by atoms with Crippen LogP contribution in [0.4, 0.5) is 14.5 Å². The van der Waals surface area contributed by atoms with Crippen LogP contribution in [0.2, 0.25) is 0 Å². The highest BCUT2D eigenvalue weighted by molar-refractivity contribution is 7.91. The van der Waals surface area contributed by atoms with Gasteiger partial charge in [-0.1, -0.05) is 36.3 Å². The average Bonchev–Trinajstić information content (AvgIpc) is 2.43. The Labute approximate surface area is 121 Å². The third kappa shape index (κ3) is 3.80. The van der Waals surface area contributed by atoms with Crippen LogP contribution in [0.5, 0.6) is 0 Å². The first-order valence-electron chi connectivity index (χ1n) is 5.91. The normalized spacial score (nSPS) is 10.9. The van der Waals surface area contributed by atoms with Gasteiger partial charge in [-0.15, -0.1) is 6.42 Å². The van der Waals surface area contributed by atoms with Crippen LogP contribution in [0.15, 0.2) is 42.5 Å². The van der Waals surface area contributed by atoms with E-state index in [0.29, 0.717) is 5.56 Å². The van der Waals surface area contributed by atoms with E-state index >= 15 is 0 Å². The highest BCUT2D eigenvalue weighted by atomic mass is 32.2. The lowest BCUT2D eigenvalue weighted by Crippen LogP contribution is -2.17. The predicted molar refractivity (Wildman–Crippen MR) is 77.0 cm³/mol. The predicted octanol–water partition coefficient (Wildman–Crippen LogP) is 2.89. The molecule has 0 saturated carbocycles. The summed E-state index contributed by atoms with van der Waals surface area (Å²) >= 11 is 0. The Kier molecular flexibility index (Phi) is 4.24. The second kappa shape index (κ2) is 5.94. The van der Waals surface area contributed by atoms with Gasteiger partial charge in [0.2, 0.25) is 10.0 Å². The van der Waals surface area contributed by atoms with E-state index in [-0.39, 0.29) is 11.3 Å². The fraction of sp³-hybridized carbons (Fsp3) is 0.0667. The summed E-state index contributed by atoms with van der Waals surface area (Å²) in [7, 11) is -3.93. The minimum Gasteiger partial charge on any atom is -0.278 e. The van der Waals surface area contributed by atoms with E-state index in [1.807, 2.05) is 4.72 Å². The lowest BCUT2D eigenvalue weighted by Gasteiger charge is -2.10. The smallest absolute Gasteiger partial charge is 0.237 e. The van der Waals surface area contributed by atoms with E-state index in [1.54, 1.807) is 30.3 Å². The molecule has 2 rings (SSSR count). The van der Waals surface area contributed by atoms with Crippen molar-refractivity contribution in [2.45, 2.75) is 5.75 Å². The summed E-state index contributed by atoms with van der Waals surface area (Å²) in [5.74, 6) is -0.416. The van der Waals surface area contributed by atoms with Gasteiger partial charge in [0, 0.05) is 5.56 Å². The first-order valence-corrected chi connectivity index (χ1v) is 7.56. The van der Waals surface area contributed by atoms with Crippen LogP contribution in [-0.2, 0) is 15.8 Å². The molecule has 0 bridgehead atoms. The van der Waals surface area contributed by atoms with Gasteiger partial charge in [0.15, 0.2) is 11.6 Å². The van der Waals surface area contributed by atoms with E-state index in [1.165, 1.54) is 0 Å². The fourth-order valence-electron chi connectivity index (χ4n) is 1.74. The lowest BCUT2D eigenvalue weighted by atomic mass is 10.2. The van der Waals surface area contributed by atoms with Crippen molar-refractivity contribution in [2.75, 3.05) is 4.72 Å². The van der Waals surface area contributed by atoms with Gasteiger partial charge in [-0.3, -0.25) is 4.72 Å². The molecule has 0 radical (unpaired) electrons. The summed E-state index contributed by atoms with van der Waals surface area (Å²) in [6.07, 6.45) is 5.05. The van der Waals surface area contributed by atoms with Crippen LogP contribution < -0.4 is 4.72 Å². The second-order valence-corrected chi connectivity index (χ2v) is 6.03. The van der Waals surface area contributed by atoms with E-state index in [2.05, 4.69) is 5.92 Å². The van der Waals surface area contributed by atoms with Crippen LogP contribution in [-0.4, -0.2) is 8.42 Å². The molecule has 0 unspecified atom stereocenters. The molecule has 3 nitrogen and oxygen atoms in total. The molecule has 0 heterocycles. The molecule has 108 valence electrons. The molecule has 21 heavy (non-hydrogen) atoms. The second-order valence-electron chi connectivity index (χ2n) is 4.31. The van der Waals surface area contributed by atoms with Gasteiger partial charge in [0.25, 0.3) is 0 Å². The van der Waals surface area contributed by atoms with Gasteiger partial charge >= 0.3 is 0 Å². The van der Waals surface area contributed by atoms with Gasteiger partial charge in [0.1, 0.15) is 5.69 Å². The standard InChI is InChI=1S/C15H11F2NO2S/c1-2-11-8-13(16)15(14(17)9-11)18-21(19,20)10-12-6-4-3-5-7-12/h1,3-9,18H,10H2. The maximum Gasteiger partial charge on any atom is 0.237 e. The van der Waals surface area contributed by atoms with Crippen molar-refractivity contribution in [3.05, 3.63) is 65.2 Å². The van der Waals surface area contributed by atoms with E-state index in [0.717, 1.165) is 12.1 Å². The largest absolute Gasteiger partial charge is 0.278 e. The van der Waals surface area contributed by atoms with Gasteiger partial charge in [0.05, 0.1) is 5.75 Å². The number of hydrogen-bond donors (Lipinski definition) is 1. The number of anilines is 1. The van der Waals surface area contributed by atoms with Gasteiger partial charge in [-0.25, -0.2) is 17.2 Å². The maximum absolute atomic E-state index is 13.7. The molecule has 6 heteroatoms. The first-order chi connectivity index (χ1) is 9.91. The summed E-state index contributed by atoms with van der Waals surface area (Å²) in [5, 5.41) is 0. The van der Waals surface area contributed by atoms with Crippen LogP contribution in [0.25, 0.3) is 0 Å². The molecule has 0 aliphatic rings. The minimum atomic E-state index is -3.93. The van der Waals surface area contributed by atoms with Crippen molar-refractivity contribution >= 4 is 15.7 Å². The van der Waals surface area contributed by atoms with Crippen LogP contribution in [0.1, 0.15) is 11.1 Å². The molecular weight excluding hydrogens is 296 g/mol. The molecule has 0 spiro atoms. The number of benzene rings is 2. The number of halogens is 2. The number of rotatable bonds is 4. The molecule has 1 N–H and O–H groups in total. The Bertz CT molecular complexity index is 773. The van der Waals surface area contributed by atoms with Crippen molar-refractivity contribution in [1.82, 2.24) is 0 Å². The third-order valence-corrected chi connectivity index (χ3v) is 3.89. The van der Waals surface area contributed by atoms with Crippen molar-refractivity contribution in [1.29, 1.82) is 0 Å². The highest BCUT2D eigenvalue weighted by Gasteiger charge is 2.18. The fourth-order valence-corrected chi connectivity index (χ4v) is 2.95. The molecule has 0 aliphatic heterocycles. The summed E-state index contributed by atoms with van der Waals surface area (Å²) in [6.45, 7) is 0. The molecule has 0 fully saturated rings. The minimum absolute atomic E-state index is 0.00370. The number of terminal acetylenes is 1. The molecule has 0 aliphatic carbocycles. The van der Waals surface area contributed by atoms with E-state index in [9.17, 15) is 17.2 Å². The first kappa shape index (κ1) is 15.0. The molecule has 2 aromatic carbocycles. The van der Waals surface area contributed by atoms with Gasteiger partial charge in [-0.05, 0) is 17.7 Å². The molecule has 0 aromatic heterocycles. The van der Waals surface area contributed by atoms with E-state index in [4.69, 9.17) is 6.42 Å². The van der Waals surface area contributed by atoms with Crippen molar-refractivity contribution in [3.8, 4) is 12.3 Å². The topological polar surface area (TPSA) is 46.2 Å². The summed E-state index contributed by atoms with van der Waals surface area (Å²) < 4.78 is 53.2. The maximum atomic E-state index is 13.7. The number of sulfonamides is 1. The van der Waals surface area contributed by atoms with Gasteiger partial charge < -0.3 is 0 Å². The Balaban J connectivity index is 2.27. The number of nitrogens with one attached hydrogen (secondary N) is 1. The van der Waals surface area contributed by atoms with Crippen molar-refractivity contribution < 1.29 is 17.2 Å². The summed E-state index contributed by atoms with van der Waals surface area (Å²) in [6, 6.07) is 10.1. The lowest BCUT2D eigenvalue weighted by molar-refractivity contribution is 0.582. The van der Waals surface area contributed by atoms with Crippen LogP contribution in [0.3, 0.4) is 0 Å². The zero-order chi connectivity index (χ0) is 15.5. The Morgan fingerprint density at radius 1 is 1.10 bits per heavy atom. The Morgan fingerprint density at radius 2 is 1.67 bits per heavy atom. The molecular formula is C15H11F2NO2S. The zero-order valence-corrected chi connectivity index (χ0v) is 11.6. The quantitative estimate of drug-likeness (QED) is 0.883. The highest BCUT2D eigenvalue weighted by Crippen LogP contribution is 2.22. The van der Waals surface area contributed by atoms with E-state index < -0.39 is 27.3 Å². The Morgan fingerprint density at radius 3 is 2.19 bits per heavy atom. The molecule has 2 aromatic rings. The van der Waals surface area contributed by atoms with Crippen molar-refractivity contribution in [2.24, 2.45) is 0 Å². The van der Waals surface area contributed by atoms with Crippen molar-refractivity contribution in [3.63, 3.8) is 0 Å². The molecule has 0 saturated heterocycles.